The van der Waals surface area contributed by atoms with Gasteiger partial charge in [-0.05, 0) is 18.9 Å². The van der Waals surface area contributed by atoms with Gasteiger partial charge in [-0.25, -0.2) is 0 Å². The smallest absolute Gasteiger partial charge is 0.158 e. The number of carbonyl (C=O) groups excluding carboxylic acids is 1. The van der Waals surface area contributed by atoms with Gasteiger partial charge in [0.05, 0.1) is 5.71 Å². The first-order valence-corrected chi connectivity index (χ1v) is 14.8. The summed E-state index contributed by atoms with van der Waals surface area (Å²) in [6.07, 6.45) is 1.27. The molecular formula is C17H30N2OSi2. The quantitative estimate of drug-likeness (QED) is 0.410. The SMILES string of the molecule is CC(=O)CCC(=NN([Si](C)(C)C)[Si](C)(C)C)c1ccccc1. The molecule has 1 rings (SSSR count). The zero-order chi connectivity index (χ0) is 17.0. The Balaban J connectivity index is 3.25. The summed E-state index contributed by atoms with van der Waals surface area (Å²) < 4.78 is 2.42. The number of carbonyl (C=O) groups is 1. The normalized spacial score (nSPS) is 13.1. The summed E-state index contributed by atoms with van der Waals surface area (Å²) in [6, 6.07) is 10.3. The molecule has 0 aromatic heterocycles. The van der Waals surface area contributed by atoms with Crippen LogP contribution in [-0.2, 0) is 4.79 Å². The van der Waals surface area contributed by atoms with Crippen molar-refractivity contribution in [3.05, 3.63) is 35.9 Å². The molecule has 122 valence electrons. The Hall–Kier alpha value is -1.21. The minimum absolute atomic E-state index is 0.219. The summed E-state index contributed by atoms with van der Waals surface area (Å²) >= 11 is 0. The van der Waals surface area contributed by atoms with E-state index in [9.17, 15) is 4.79 Å². The summed E-state index contributed by atoms with van der Waals surface area (Å²) in [5.41, 5.74) is 2.17. The standard InChI is InChI=1S/C17H30N2OSi2/c1-15(20)13-14-17(16-11-9-8-10-12-16)18-19(21(2,3)4)22(5,6)7/h8-12H,13-14H2,1-7H3. The van der Waals surface area contributed by atoms with Gasteiger partial charge in [0.1, 0.15) is 5.78 Å². The van der Waals surface area contributed by atoms with Crippen LogP contribution in [0.2, 0.25) is 39.3 Å². The van der Waals surface area contributed by atoms with Gasteiger partial charge in [-0.2, -0.15) is 5.10 Å². The molecule has 0 radical (unpaired) electrons. The molecule has 1 aromatic carbocycles. The number of hydrogen-bond acceptors (Lipinski definition) is 3. The Bertz CT molecular complexity index is 514. The highest BCUT2D eigenvalue weighted by Crippen LogP contribution is 2.22. The van der Waals surface area contributed by atoms with Crippen molar-refractivity contribution < 1.29 is 4.79 Å². The van der Waals surface area contributed by atoms with E-state index in [1.165, 1.54) is 0 Å². The average Bonchev–Trinajstić information content (AvgIpc) is 2.36. The fourth-order valence-electron chi connectivity index (χ4n) is 2.60. The number of hydrogen-bond donors (Lipinski definition) is 0. The van der Waals surface area contributed by atoms with Gasteiger partial charge in [-0.3, -0.25) is 0 Å². The second-order valence-corrected chi connectivity index (χ2v) is 17.7. The van der Waals surface area contributed by atoms with Gasteiger partial charge in [0.25, 0.3) is 0 Å². The number of benzene rings is 1. The van der Waals surface area contributed by atoms with Crippen molar-refractivity contribution >= 4 is 28.0 Å². The van der Waals surface area contributed by atoms with Crippen LogP contribution in [0.25, 0.3) is 0 Å². The Morgan fingerprint density at radius 1 is 0.955 bits per heavy atom. The minimum Gasteiger partial charge on any atom is -0.350 e. The molecular weight excluding hydrogens is 304 g/mol. The summed E-state index contributed by atoms with van der Waals surface area (Å²) in [5.74, 6) is 0.219. The van der Waals surface area contributed by atoms with E-state index >= 15 is 0 Å². The topological polar surface area (TPSA) is 32.7 Å². The van der Waals surface area contributed by atoms with Crippen molar-refractivity contribution in [3.63, 3.8) is 0 Å². The molecule has 0 saturated heterocycles. The first kappa shape index (κ1) is 18.8. The highest BCUT2D eigenvalue weighted by atomic mass is 28.4. The summed E-state index contributed by atoms with van der Waals surface area (Å²) in [5, 5.41) is 5.08. The van der Waals surface area contributed by atoms with E-state index in [1.807, 2.05) is 18.2 Å². The molecule has 3 nitrogen and oxygen atoms in total. The van der Waals surface area contributed by atoms with Crippen molar-refractivity contribution in [1.82, 2.24) is 4.34 Å². The van der Waals surface area contributed by atoms with E-state index in [-0.39, 0.29) is 5.78 Å². The van der Waals surface area contributed by atoms with E-state index in [0.29, 0.717) is 12.8 Å². The number of rotatable bonds is 7. The van der Waals surface area contributed by atoms with Gasteiger partial charge < -0.3 is 9.13 Å². The second kappa shape index (κ2) is 7.37. The largest absolute Gasteiger partial charge is 0.350 e. The molecule has 0 spiro atoms. The molecule has 0 aliphatic carbocycles. The molecule has 0 saturated carbocycles. The lowest BCUT2D eigenvalue weighted by atomic mass is 10.0. The zero-order valence-electron chi connectivity index (χ0n) is 15.1. The predicted octanol–water partition coefficient (Wildman–Crippen LogP) is 4.73. The van der Waals surface area contributed by atoms with Crippen molar-refractivity contribution in [2.75, 3.05) is 0 Å². The van der Waals surface area contributed by atoms with Gasteiger partial charge >= 0.3 is 0 Å². The average molecular weight is 335 g/mol. The third-order valence-corrected chi connectivity index (χ3v) is 10.1. The number of hydrazone groups is 1. The van der Waals surface area contributed by atoms with Crippen LogP contribution in [0, 0.1) is 0 Å². The van der Waals surface area contributed by atoms with Crippen molar-refractivity contribution in [3.8, 4) is 0 Å². The number of Topliss-reactive ketones (excluding diaryl/α,β-unsaturated/α-hetero) is 1. The number of ketones is 1. The van der Waals surface area contributed by atoms with Gasteiger partial charge in [0, 0.05) is 6.42 Å². The maximum absolute atomic E-state index is 11.4. The van der Waals surface area contributed by atoms with Gasteiger partial charge in [0.2, 0.25) is 0 Å². The molecule has 1 aromatic rings. The molecule has 0 heterocycles. The zero-order valence-corrected chi connectivity index (χ0v) is 17.1. The molecule has 0 fully saturated rings. The van der Waals surface area contributed by atoms with Crippen LogP contribution in [0.3, 0.4) is 0 Å². The van der Waals surface area contributed by atoms with Crippen LogP contribution in [0.1, 0.15) is 25.3 Å². The summed E-state index contributed by atoms with van der Waals surface area (Å²) in [6.45, 7) is 15.7. The van der Waals surface area contributed by atoms with Crippen molar-refractivity contribution in [1.29, 1.82) is 0 Å². The lowest BCUT2D eigenvalue weighted by Gasteiger charge is -2.42. The first-order valence-electron chi connectivity index (χ1n) is 7.94. The Morgan fingerprint density at radius 2 is 1.45 bits per heavy atom. The third kappa shape index (κ3) is 5.89. The van der Waals surface area contributed by atoms with E-state index in [1.54, 1.807) is 6.92 Å². The molecule has 0 aliphatic heterocycles. The molecule has 0 amide bonds. The minimum atomic E-state index is -1.55. The van der Waals surface area contributed by atoms with E-state index < -0.39 is 16.5 Å². The van der Waals surface area contributed by atoms with Crippen LogP contribution in [0.4, 0.5) is 0 Å². The van der Waals surface area contributed by atoms with Crippen LogP contribution in [0.15, 0.2) is 35.4 Å². The highest BCUT2D eigenvalue weighted by Gasteiger charge is 2.34. The predicted molar refractivity (Wildman–Crippen MR) is 101 cm³/mol. The van der Waals surface area contributed by atoms with E-state index in [4.69, 9.17) is 5.10 Å². The molecule has 0 N–H and O–H groups in total. The molecule has 5 heteroatoms. The van der Waals surface area contributed by atoms with Gasteiger partial charge in [-0.1, -0.05) is 69.6 Å². The highest BCUT2D eigenvalue weighted by molar-refractivity contribution is 6.89. The first-order chi connectivity index (χ1) is 10.0. The lowest BCUT2D eigenvalue weighted by molar-refractivity contribution is -0.116. The van der Waals surface area contributed by atoms with Gasteiger partial charge in [0.15, 0.2) is 16.5 Å². The maximum Gasteiger partial charge on any atom is 0.158 e. The third-order valence-electron chi connectivity index (χ3n) is 3.31. The van der Waals surface area contributed by atoms with Crippen LogP contribution < -0.4 is 0 Å². The monoisotopic (exact) mass is 334 g/mol. The Morgan fingerprint density at radius 3 is 1.86 bits per heavy atom. The summed E-state index contributed by atoms with van der Waals surface area (Å²) in [4.78, 5) is 11.4. The van der Waals surface area contributed by atoms with Crippen molar-refractivity contribution in [2.45, 2.75) is 59.0 Å². The number of nitrogens with zero attached hydrogens (tertiary/aromatic N) is 2. The Labute approximate surface area is 137 Å². The van der Waals surface area contributed by atoms with Crippen LogP contribution >= 0.6 is 0 Å². The van der Waals surface area contributed by atoms with Crippen LogP contribution in [-0.4, -0.2) is 32.3 Å². The Kier molecular flexibility index (Phi) is 6.31. The molecule has 0 aliphatic rings. The van der Waals surface area contributed by atoms with Gasteiger partial charge in [-0.15, -0.1) is 0 Å². The molecule has 0 bridgehead atoms. The lowest BCUT2D eigenvalue weighted by Crippen LogP contribution is -2.56. The fourth-order valence-corrected chi connectivity index (χ4v) is 11.5. The van der Waals surface area contributed by atoms with Crippen LogP contribution in [0.5, 0.6) is 0 Å². The van der Waals surface area contributed by atoms with E-state index in [2.05, 4.69) is 55.8 Å². The van der Waals surface area contributed by atoms with E-state index in [0.717, 1.165) is 11.3 Å². The van der Waals surface area contributed by atoms with Crippen molar-refractivity contribution in [2.24, 2.45) is 5.10 Å². The maximum atomic E-state index is 11.4. The fraction of sp³-hybridized carbons (Fsp3) is 0.529. The molecule has 0 atom stereocenters. The summed E-state index contributed by atoms with van der Waals surface area (Å²) in [7, 11) is -3.10. The molecule has 22 heavy (non-hydrogen) atoms. The second-order valence-electron chi connectivity index (χ2n) is 7.77. The molecule has 0 unspecified atom stereocenters.